The van der Waals surface area contributed by atoms with Gasteiger partial charge in [0, 0.05) is 12.5 Å². The Bertz CT molecular complexity index is 838. The maximum absolute atomic E-state index is 11.7. The number of hydrogen-bond donors (Lipinski definition) is 2. The van der Waals surface area contributed by atoms with Gasteiger partial charge in [-0.05, 0) is 25.0 Å². The molecule has 0 unspecified atom stereocenters. The van der Waals surface area contributed by atoms with Gasteiger partial charge in [-0.25, -0.2) is 14.6 Å². The van der Waals surface area contributed by atoms with Crippen LogP contribution in [0.3, 0.4) is 0 Å². The van der Waals surface area contributed by atoms with Crippen LogP contribution >= 0.6 is 0 Å². The Balaban J connectivity index is 1.43. The van der Waals surface area contributed by atoms with Gasteiger partial charge in [0.2, 0.25) is 5.91 Å². The van der Waals surface area contributed by atoms with Gasteiger partial charge in [0.05, 0.1) is 30.9 Å². The van der Waals surface area contributed by atoms with Crippen molar-refractivity contribution in [2.75, 3.05) is 11.9 Å². The van der Waals surface area contributed by atoms with Crippen molar-refractivity contribution in [1.29, 1.82) is 0 Å². The molecule has 3 heterocycles. The molecule has 0 aromatic carbocycles. The first kappa shape index (κ1) is 14.7. The normalized spacial score (nSPS) is 14.0. The largest absolute Gasteiger partial charge is 0.467 e. The van der Waals surface area contributed by atoms with E-state index >= 15 is 0 Å². The summed E-state index contributed by atoms with van der Waals surface area (Å²) in [6, 6.07) is 3.75. The highest BCUT2D eigenvalue weighted by Gasteiger charge is 2.29. The Hall–Kier alpha value is -2.90. The van der Waals surface area contributed by atoms with Gasteiger partial charge in [0.15, 0.2) is 5.65 Å². The van der Waals surface area contributed by atoms with E-state index in [4.69, 9.17) is 4.42 Å². The van der Waals surface area contributed by atoms with Crippen molar-refractivity contribution in [2.24, 2.45) is 5.92 Å². The lowest BCUT2D eigenvalue weighted by molar-refractivity contribution is -0.122. The second-order valence-corrected chi connectivity index (χ2v) is 5.83. The average molecular weight is 326 g/mol. The van der Waals surface area contributed by atoms with Crippen LogP contribution in [0.5, 0.6) is 0 Å². The molecule has 1 saturated carbocycles. The second kappa shape index (κ2) is 6.31. The maximum Gasteiger partial charge on any atom is 0.223 e. The Morgan fingerprint density at radius 2 is 2.29 bits per heavy atom. The third-order valence-corrected chi connectivity index (χ3v) is 4.01. The van der Waals surface area contributed by atoms with E-state index in [2.05, 4.69) is 25.7 Å². The molecule has 1 fully saturated rings. The van der Waals surface area contributed by atoms with E-state index in [1.165, 1.54) is 6.33 Å². The van der Waals surface area contributed by atoms with Crippen molar-refractivity contribution in [2.45, 2.75) is 25.9 Å². The molecular weight excluding hydrogens is 308 g/mol. The molecule has 4 rings (SSSR count). The molecular formula is C16H18N6O2. The lowest BCUT2D eigenvalue weighted by Crippen LogP contribution is -2.28. The Labute approximate surface area is 138 Å². The Morgan fingerprint density at radius 3 is 3.08 bits per heavy atom. The monoisotopic (exact) mass is 326 g/mol. The highest BCUT2D eigenvalue weighted by atomic mass is 16.3. The number of furan rings is 1. The van der Waals surface area contributed by atoms with E-state index in [-0.39, 0.29) is 11.8 Å². The second-order valence-electron chi connectivity index (χ2n) is 5.83. The molecule has 3 aromatic heterocycles. The van der Waals surface area contributed by atoms with Crippen LogP contribution in [0, 0.1) is 5.92 Å². The molecule has 8 heteroatoms. The number of aromatic nitrogens is 4. The number of amides is 1. The van der Waals surface area contributed by atoms with Crippen LogP contribution in [-0.4, -0.2) is 32.2 Å². The average Bonchev–Trinajstić information content (AvgIpc) is 3.17. The highest BCUT2D eigenvalue weighted by Crippen LogP contribution is 2.28. The number of anilines is 1. The minimum absolute atomic E-state index is 0.141. The number of carbonyl (C=O) groups is 1. The molecule has 24 heavy (non-hydrogen) atoms. The molecule has 2 N–H and O–H groups in total. The number of rotatable bonds is 7. The van der Waals surface area contributed by atoms with Gasteiger partial charge in [-0.2, -0.15) is 5.10 Å². The third kappa shape index (κ3) is 3.08. The van der Waals surface area contributed by atoms with E-state index in [1.54, 1.807) is 17.1 Å². The number of hydrogen-bond acceptors (Lipinski definition) is 6. The van der Waals surface area contributed by atoms with Gasteiger partial charge in [0.25, 0.3) is 0 Å². The molecule has 1 aliphatic carbocycles. The van der Waals surface area contributed by atoms with Crippen molar-refractivity contribution in [3.05, 3.63) is 36.7 Å². The van der Waals surface area contributed by atoms with Crippen LogP contribution in [-0.2, 0) is 17.9 Å². The van der Waals surface area contributed by atoms with Crippen molar-refractivity contribution in [3.63, 3.8) is 0 Å². The molecule has 0 spiro atoms. The van der Waals surface area contributed by atoms with Gasteiger partial charge in [-0.15, -0.1) is 0 Å². The van der Waals surface area contributed by atoms with E-state index in [0.29, 0.717) is 25.5 Å². The first-order valence-electron chi connectivity index (χ1n) is 8.02. The molecule has 0 saturated heterocycles. The lowest BCUT2D eigenvalue weighted by Gasteiger charge is -2.06. The standard InChI is InChI=1S/C16H18N6O2/c23-16(11-3-4-11)17-5-6-22-15-13(9-21-22)14(19-10-20-15)18-8-12-2-1-7-24-12/h1-2,7,9-11H,3-6,8H2,(H,17,23)(H,18,19,20). The van der Waals surface area contributed by atoms with Crippen molar-refractivity contribution < 1.29 is 9.21 Å². The third-order valence-electron chi connectivity index (χ3n) is 4.01. The van der Waals surface area contributed by atoms with Gasteiger partial charge >= 0.3 is 0 Å². The molecule has 8 nitrogen and oxygen atoms in total. The van der Waals surface area contributed by atoms with Gasteiger partial charge in [0.1, 0.15) is 17.9 Å². The van der Waals surface area contributed by atoms with Crippen LogP contribution in [0.2, 0.25) is 0 Å². The molecule has 1 amide bonds. The van der Waals surface area contributed by atoms with Crippen molar-refractivity contribution in [3.8, 4) is 0 Å². The van der Waals surface area contributed by atoms with Gasteiger partial charge in [-0.3, -0.25) is 4.79 Å². The quantitative estimate of drug-likeness (QED) is 0.684. The van der Waals surface area contributed by atoms with E-state index in [0.717, 1.165) is 29.6 Å². The predicted octanol–water partition coefficient (Wildman–Crippen LogP) is 1.56. The van der Waals surface area contributed by atoms with Gasteiger partial charge in [-0.1, -0.05) is 0 Å². The minimum atomic E-state index is 0.141. The van der Waals surface area contributed by atoms with E-state index < -0.39 is 0 Å². The predicted molar refractivity (Wildman–Crippen MR) is 87.1 cm³/mol. The number of nitrogens with one attached hydrogen (secondary N) is 2. The van der Waals surface area contributed by atoms with Crippen LogP contribution < -0.4 is 10.6 Å². The summed E-state index contributed by atoms with van der Waals surface area (Å²) in [7, 11) is 0. The zero-order chi connectivity index (χ0) is 16.4. The first-order valence-corrected chi connectivity index (χ1v) is 8.02. The summed E-state index contributed by atoms with van der Waals surface area (Å²) >= 11 is 0. The highest BCUT2D eigenvalue weighted by molar-refractivity contribution is 5.86. The minimum Gasteiger partial charge on any atom is -0.467 e. The summed E-state index contributed by atoms with van der Waals surface area (Å²) in [5, 5.41) is 11.4. The fourth-order valence-electron chi connectivity index (χ4n) is 2.56. The fraction of sp³-hybridized carbons (Fsp3) is 0.375. The van der Waals surface area contributed by atoms with Crippen LogP contribution in [0.1, 0.15) is 18.6 Å². The zero-order valence-electron chi connectivity index (χ0n) is 13.1. The summed E-state index contributed by atoms with van der Waals surface area (Å²) < 4.78 is 7.09. The molecule has 3 aromatic rings. The van der Waals surface area contributed by atoms with Crippen LogP contribution in [0.25, 0.3) is 11.0 Å². The van der Waals surface area contributed by atoms with Crippen molar-refractivity contribution in [1.82, 2.24) is 25.1 Å². The summed E-state index contributed by atoms with van der Waals surface area (Å²) in [6.07, 6.45) is 6.90. The number of fused-ring (bicyclic) bond motifs is 1. The summed E-state index contributed by atoms with van der Waals surface area (Å²) in [6.45, 7) is 1.67. The Kier molecular flexibility index (Phi) is 3.86. The summed E-state index contributed by atoms with van der Waals surface area (Å²) in [5.41, 5.74) is 0.743. The zero-order valence-corrected chi connectivity index (χ0v) is 13.1. The van der Waals surface area contributed by atoms with Crippen LogP contribution in [0.15, 0.2) is 35.3 Å². The van der Waals surface area contributed by atoms with Crippen molar-refractivity contribution >= 4 is 22.8 Å². The van der Waals surface area contributed by atoms with Crippen LogP contribution in [0.4, 0.5) is 5.82 Å². The first-order chi connectivity index (χ1) is 11.8. The smallest absolute Gasteiger partial charge is 0.223 e. The summed E-state index contributed by atoms with van der Waals surface area (Å²) in [4.78, 5) is 20.2. The fourth-order valence-corrected chi connectivity index (χ4v) is 2.56. The molecule has 0 bridgehead atoms. The molecule has 124 valence electrons. The molecule has 1 aliphatic rings. The Morgan fingerprint density at radius 1 is 1.38 bits per heavy atom. The SMILES string of the molecule is O=C(NCCn1ncc2c(NCc3ccco3)ncnc21)C1CC1. The molecule has 0 atom stereocenters. The van der Waals surface area contributed by atoms with Gasteiger partial charge < -0.3 is 15.1 Å². The molecule has 0 radical (unpaired) electrons. The number of carbonyl (C=O) groups excluding carboxylic acids is 1. The molecule has 0 aliphatic heterocycles. The topological polar surface area (TPSA) is 97.9 Å². The maximum atomic E-state index is 11.7. The number of nitrogens with zero attached hydrogens (tertiary/aromatic N) is 4. The lowest BCUT2D eigenvalue weighted by atomic mass is 10.3. The van der Waals surface area contributed by atoms with E-state index in [1.807, 2.05) is 12.1 Å². The summed E-state index contributed by atoms with van der Waals surface area (Å²) in [5.74, 6) is 1.91. The van der Waals surface area contributed by atoms with E-state index in [9.17, 15) is 4.79 Å².